The molecule has 0 bridgehead atoms. The number of hydrogen-bond donors (Lipinski definition) is 0. The molecule has 0 amide bonds. The van der Waals surface area contributed by atoms with E-state index in [1.165, 1.54) is 13.3 Å². The van der Waals surface area contributed by atoms with Crippen LogP contribution in [0.15, 0.2) is 43.0 Å². The first kappa shape index (κ1) is 12.0. The van der Waals surface area contributed by atoms with E-state index in [4.69, 9.17) is 4.74 Å². The van der Waals surface area contributed by atoms with Crippen LogP contribution < -0.4 is 4.74 Å². The number of rotatable bonds is 4. The Kier molecular flexibility index (Phi) is 3.86. The van der Waals surface area contributed by atoms with Crippen molar-refractivity contribution >= 4 is 5.97 Å². The van der Waals surface area contributed by atoms with Gasteiger partial charge in [0.15, 0.2) is 0 Å². The molecule has 0 aliphatic carbocycles. The van der Waals surface area contributed by atoms with Gasteiger partial charge >= 0.3 is 5.97 Å². The number of esters is 1. The Morgan fingerprint density at radius 2 is 2.06 bits per heavy atom. The van der Waals surface area contributed by atoms with E-state index in [0.717, 1.165) is 5.56 Å². The van der Waals surface area contributed by atoms with Crippen LogP contribution >= 0.6 is 0 Å². The van der Waals surface area contributed by atoms with E-state index in [2.05, 4.69) is 14.7 Å². The standard InChI is InChI=1S/C13H12N2O3/c1-17-13(16)11-8-15-6-4-12(11)18-9-10-3-2-5-14-7-10/h2-8H,9H2,1H3. The van der Waals surface area contributed by atoms with Crippen molar-refractivity contribution < 1.29 is 14.3 Å². The maximum absolute atomic E-state index is 11.5. The van der Waals surface area contributed by atoms with Crippen molar-refractivity contribution in [3.05, 3.63) is 54.1 Å². The van der Waals surface area contributed by atoms with Crippen LogP contribution in [0, 0.1) is 0 Å². The van der Waals surface area contributed by atoms with Gasteiger partial charge in [-0.1, -0.05) is 6.07 Å². The van der Waals surface area contributed by atoms with E-state index in [1.54, 1.807) is 24.7 Å². The number of carbonyl (C=O) groups excluding carboxylic acids is 1. The van der Waals surface area contributed by atoms with Gasteiger partial charge in [0.05, 0.1) is 7.11 Å². The van der Waals surface area contributed by atoms with Crippen molar-refractivity contribution in [3.63, 3.8) is 0 Å². The minimum atomic E-state index is -0.468. The van der Waals surface area contributed by atoms with Gasteiger partial charge in [-0.3, -0.25) is 9.97 Å². The molecular formula is C13H12N2O3. The van der Waals surface area contributed by atoms with Crippen LogP contribution in [0.2, 0.25) is 0 Å². The average molecular weight is 244 g/mol. The smallest absolute Gasteiger partial charge is 0.343 e. The van der Waals surface area contributed by atoms with E-state index in [9.17, 15) is 4.79 Å². The van der Waals surface area contributed by atoms with Gasteiger partial charge in [0.25, 0.3) is 0 Å². The van der Waals surface area contributed by atoms with Crippen molar-refractivity contribution in [2.45, 2.75) is 6.61 Å². The summed E-state index contributed by atoms with van der Waals surface area (Å²) in [5, 5.41) is 0. The third kappa shape index (κ3) is 2.82. The van der Waals surface area contributed by atoms with Crippen LogP contribution in [0.25, 0.3) is 0 Å². The summed E-state index contributed by atoms with van der Waals surface area (Å²) in [6, 6.07) is 5.35. The average Bonchev–Trinajstić information content (AvgIpc) is 2.45. The highest BCUT2D eigenvalue weighted by atomic mass is 16.5. The lowest BCUT2D eigenvalue weighted by atomic mass is 10.2. The topological polar surface area (TPSA) is 61.3 Å². The van der Waals surface area contributed by atoms with Crippen LogP contribution in [0.4, 0.5) is 0 Å². The molecule has 0 aliphatic heterocycles. The zero-order chi connectivity index (χ0) is 12.8. The minimum absolute atomic E-state index is 0.309. The zero-order valence-electron chi connectivity index (χ0n) is 9.87. The molecule has 2 heterocycles. The number of hydrogen-bond acceptors (Lipinski definition) is 5. The highest BCUT2D eigenvalue weighted by Gasteiger charge is 2.12. The number of pyridine rings is 2. The molecule has 0 fully saturated rings. The van der Waals surface area contributed by atoms with Crippen LogP contribution in [0.5, 0.6) is 5.75 Å². The Morgan fingerprint density at radius 1 is 1.22 bits per heavy atom. The molecule has 0 aliphatic rings. The van der Waals surface area contributed by atoms with E-state index in [1.807, 2.05) is 12.1 Å². The summed E-state index contributed by atoms with van der Waals surface area (Å²) < 4.78 is 10.2. The Morgan fingerprint density at radius 3 is 2.78 bits per heavy atom. The molecule has 0 N–H and O–H groups in total. The van der Waals surface area contributed by atoms with Gasteiger partial charge in [-0.2, -0.15) is 0 Å². The van der Waals surface area contributed by atoms with Gasteiger partial charge < -0.3 is 9.47 Å². The summed E-state index contributed by atoms with van der Waals surface area (Å²) in [7, 11) is 1.32. The van der Waals surface area contributed by atoms with Crippen LogP contribution in [0.3, 0.4) is 0 Å². The normalized spacial score (nSPS) is 9.83. The van der Waals surface area contributed by atoms with Crippen LogP contribution in [-0.4, -0.2) is 23.0 Å². The number of carbonyl (C=O) groups is 1. The summed E-state index contributed by atoms with van der Waals surface area (Å²) in [6.45, 7) is 0.335. The van der Waals surface area contributed by atoms with Gasteiger partial charge in [0.1, 0.15) is 17.9 Å². The fraction of sp³-hybridized carbons (Fsp3) is 0.154. The second kappa shape index (κ2) is 5.77. The molecule has 2 aromatic heterocycles. The van der Waals surface area contributed by atoms with Crippen molar-refractivity contribution in [1.82, 2.24) is 9.97 Å². The third-order valence-electron chi connectivity index (χ3n) is 2.30. The number of aromatic nitrogens is 2. The molecule has 0 unspecified atom stereocenters. The van der Waals surface area contributed by atoms with Crippen LogP contribution in [-0.2, 0) is 11.3 Å². The second-order valence-electron chi connectivity index (χ2n) is 3.51. The molecule has 0 saturated heterocycles. The molecule has 5 nitrogen and oxygen atoms in total. The highest BCUT2D eigenvalue weighted by molar-refractivity contribution is 5.91. The number of nitrogens with zero attached hydrogens (tertiary/aromatic N) is 2. The molecule has 2 rings (SSSR count). The summed E-state index contributed by atoms with van der Waals surface area (Å²) in [6.07, 6.45) is 6.38. The number of ether oxygens (including phenoxy) is 2. The van der Waals surface area contributed by atoms with E-state index >= 15 is 0 Å². The fourth-order valence-corrected chi connectivity index (χ4v) is 1.42. The molecule has 0 radical (unpaired) electrons. The molecule has 0 aromatic carbocycles. The zero-order valence-corrected chi connectivity index (χ0v) is 9.87. The van der Waals surface area contributed by atoms with Gasteiger partial charge in [0.2, 0.25) is 0 Å². The fourth-order valence-electron chi connectivity index (χ4n) is 1.42. The van der Waals surface area contributed by atoms with Crippen LogP contribution in [0.1, 0.15) is 15.9 Å². The highest BCUT2D eigenvalue weighted by Crippen LogP contribution is 2.18. The van der Waals surface area contributed by atoms with Crippen molar-refractivity contribution in [2.24, 2.45) is 0 Å². The van der Waals surface area contributed by atoms with E-state index in [0.29, 0.717) is 17.9 Å². The second-order valence-corrected chi connectivity index (χ2v) is 3.51. The molecular weight excluding hydrogens is 232 g/mol. The summed E-state index contributed by atoms with van der Waals surface area (Å²) >= 11 is 0. The minimum Gasteiger partial charge on any atom is -0.488 e. The first-order chi connectivity index (χ1) is 8.81. The quantitative estimate of drug-likeness (QED) is 0.768. The molecule has 5 heteroatoms. The first-order valence-electron chi connectivity index (χ1n) is 5.35. The van der Waals surface area contributed by atoms with E-state index < -0.39 is 5.97 Å². The van der Waals surface area contributed by atoms with Crippen molar-refractivity contribution in [2.75, 3.05) is 7.11 Å². The predicted molar refractivity (Wildman–Crippen MR) is 64.1 cm³/mol. The Labute approximate surface area is 104 Å². The summed E-state index contributed by atoms with van der Waals surface area (Å²) in [4.78, 5) is 19.4. The summed E-state index contributed by atoms with van der Waals surface area (Å²) in [5.74, 6) is -0.0232. The summed E-state index contributed by atoms with van der Waals surface area (Å²) in [5.41, 5.74) is 1.23. The Hall–Kier alpha value is -2.43. The van der Waals surface area contributed by atoms with E-state index in [-0.39, 0.29) is 0 Å². The molecule has 0 spiro atoms. The van der Waals surface area contributed by atoms with Crippen molar-refractivity contribution in [3.8, 4) is 5.75 Å². The maximum atomic E-state index is 11.5. The SMILES string of the molecule is COC(=O)c1cnccc1OCc1cccnc1. The molecule has 2 aromatic rings. The monoisotopic (exact) mass is 244 g/mol. The number of methoxy groups -OCH3 is 1. The largest absolute Gasteiger partial charge is 0.488 e. The first-order valence-corrected chi connectivity index (χ1v) is 5.35. The van der Waals surface area contributed by atoms with Gasteiger partial charge in [0, 0.05) is 30.4 Å². The Balaban J connectivity index is 2.12. The Bertz CT molecular complexity index is 529. The predicted octanol–water partition coefficient (Wildman–Crippen LogP) is 1.84. The van der Waals surface area contributed by atoms with Gasteiger partial charge in [-0.25, -0.2) is 4.79 Å². The maximum Gasteiger partial charge on any atom is 0.343 e. The molecule has 18 heavy (non-hydrogen) atoms. The lowest BCUT2D eigenvalue weighted by molar-refractivity contribution is 0.0595. The molecule has 0 saturated carbocycles. The molecule has 92 valence electrons. The lowest BCUT2D eigenvalue weighted by Crippen LogP contribution is -2.06. The third-order valence-corrected chi connectivity index (χ3v) is 2.30. The van der Waals surface area contributed by atoms with Gasteiger partial charge in [-0.05, 0) is 12.1 Å². The van der Waals surface area contributed by atoms with Crippen molar-refractivity contribution in [1.29, 1.82) is 0 Å². The van der Waals surface area contributed by atoms with Gasteiger partial charge in [-0.15, -0.1) is 0 Å². The molecule has 0 atom stereocenters. The lowest BCUT2D eigenvalue weighted by Gasteiger charge is -2.09.